The summed E-state index contributed by atoms with van der Waals surface area (Å²) in [6.45, 7) is 0.693. The summed E-state index contributed by atoms with van der Waals surface area (Å²) in [5.41, 5.74) is -0.100. The number of ether oxygens (including phenoxy) is 2. The minimum absolute atomic E-state index is 0.100. The molecule has 1 saturated carbocycles. The van der Waals surface area contributed by atoms with Crippen LogP contribution in [0.3, 0.4) is 0 Å². The molecule has 1 heterocycles. The maximum absolute atomic E-state index is 14.2. The average molecular weight is 385 g/mol. The van der Waals surface area contributed by atoms with Crippen LogP contribution in [0.4, 0.5) is 4.39 Å². The van der Waals surface area contributed by atoms with Gasteiger partial charge in [0.2, 0.25) is 10.0 Å². The summed E-state index contributed by atoms with van der Waals surface area (Å²) in [6.07, 6.45) is 1.54. The summed E-state index contributed by atoms with van der Waals surface area (Å²) in [5.74, 6) is -1.92. The van der Waals surface area contributed by atoms with Crippen LogP contribution in [0.1, 0.15) is 36.0 Å². The molecule has 2 aliphatic rings. The first-order valence-electron chi connectivity index (χ1n) is 8.51. The first-order valence-corrected chi connectivity index (χ1v) is 9.95. The quantitative estimate of drug-likeness (QED) is 0.730. The Kier molecular flexibility index (Phi) is 5.69. The number of morpholine rings is 1. The molecule has 0 radical (unpaired) electrons. The second-order valence-electron chi connectivity index (χ2n) is 6.27. The van der Waals surface area contributed by atoms with Gasteiger partial charge in [-0.3, -0.25) is 4.79 Å². The second kappa shape index (κ2) is 7.81. The van der Waals surface area contributed by atoms with Crippen molar-refractivity contribution in [2.24, 2.45) is 0 Å². The van der Waals surface area contributed by atoms with Gasteiger partial charge in [-0.25, -0.2) is 17.6 Å². The zero-order chi connectivity index (χ0) is 18.7. The molecule has 1 aromatic carbocycles. The molecule has 2 fully saturated rings. The summed E-state index contributed by atoms with van der Waals surface area (Å²) in [5, 5.41) is 0. The van der Waals surface area contributed by atoms with Gasteiger partial charge in [0, 0.05) is 19.5 Å². The molecule has 1 aliphatic heterocycles. The summed E-state index contributed by atoms with van der Waals surface area (Å²) in [4.78, 5) is 23.5. The van der Waals surface area contributed by atoms with Crippen molar-refractivity contribution in [1.29, 1.82) is 0 Å². The standard InChI is InChI=1S/C17H20FNO6S/c18-13-6-5-12(17(21)25-15-4-2-1-3-14(15)20)11-16(13)26(22,23)19-7-9-24-10-8-19/h5-6,11,15H,1-4,7-10H2/t15-/m1/s1. The molecule has 3 rings (SSSR count). The van der Waals surface area contributed by atoms with Gasteiger partial charge in [-0.2, -0.15) is 4.31 Å². The van der Waals surface area contributed by atoms with Gasteiger partial charge in [-0.15, -0.1) is 0 Å². The number of rotatable bonds is 4. The van der Waals surface area contributed by atoms with Crippen molar-refractivity contribution in [1.82, 2.24) is 4.31 Å². The minimum Gasteiger partial charge on any atom is -0.451 e. The Morgan fingerprint density at radius 3 is 2.65 bits per heavy atom. The molecule has 0 bridgehead atoms. The molecule has 1 aliphatic carbocycles. The molecule has 0 aromatic heterocycles. The van der Waals surface area contributed by atoms with Crippen LogP contribution in [-0.4, -0.2) is 56.9 Å². The largest absolute Gasteiger partial charge is 0.451 e. The third-order valence-electron chi connectivity index (χ3n) is 4.50. The highest BCUT2D eigenvalue weighted by atomic mass is 32.2. The van der Waals surface area contributed by atoms with Crippen LogP contribution in [0, 0.1) is 5.82 Å². The predicted octanol–water partition coefficient (Wildman–Crippen LogP) is 1.52. The number of nitrogens with zero attached hydrogens (tertiary/aromatic N) is 1. The Bertz CT molecular complexity index is 803. The highest BCUT2D eigenvalue weighted by Crippen LogP contribution is 2.24. The fraction of sp³-hybridized carbons (Fsp3) is 0.529. The number of carbonyl (C=O) groups excluding carboxylic acids is 2. The van der Waals surface area contributed by atoms with Crippen molar-refractivity contribution < 1.29 is 31.9 Å². The van der Waals surface area contributed by atoms with Crippen molar-refractivity contribution in [3.8, 4) is 0 Å². The summed E-state index contributed by atoms with van der Waals surface area (Å²) < 4.78 is 50.9. The lowest BCUT2D eigenvalue weighted by atomic mass is 9.96. The normalized spacial score (nSPS) is 22.2. The van der Waals surface area contributed by atoms with Crippen LogP contribution in [0.25, 0.3) is 0 Å². The molecule has 142 valence electrons. The molecule has 7 nitrogen and oxygen atoms in total. The van der Waals surface area contributed by atoms with E-state index in [1.54, 1.807) is 0 Å². The molecule has 1 saturated heterocycles. The maximum Gasteiger partial charge on any atom is 0.338 e. The summed E-state index contributed by atoms with van der Waals surface area (Å²) in [6, 6.07) is 3.05. The van der Waals surface area contributed by atoms with E-state index in [1.165, 1.54) is 0 Å². The SMILES string of the molecule is O=C(O[C@@H]1CCCCC1=O)c1ccc(F)c(S(=O)(=O)N2CCOCC2)c1. The first-order chi connectivity index (χ1) is 12.4. The van der Waals surface area contributed by atoms with Crippen LogP contribution in [0.2, 0.25) is 0 Å². The van der Waals surface area contributed by atoms with Crippen LogP contribution >= 0.6 is 0 Å². The van der Waals surface area contributed by atoms with Crippen molar-refractivity contribution in [2.75, 3.05) is 26.3 Å². The van der Waals surface area contributed by atoms with E-state index in [0.717, 1.165) is 35.3 Å². The number of esters is 1. The predicted molar refractivity (Wildman–Crippen MR) is 88.7 cm³/mol. The van der Waals surface area contributed by atoms with E-state index < -0.39 is 32.8 Å². The zero-order valence-corrected chi connectivity index (χ0v) is 15.0. The first kappa shape index (κ1) is 18.9. The minimum atomic E-state index is -4.09. The smallest absolute Gasteiger partial charge is 0.338 e. The van der Waals surface area contributed by atoms with Crippen molar-refractivity contribution in [2.45, 2.75) is 36.7 Å². The Labute approximate surface area is 151 Å². The molecule has 26 heavy (non-hydrogen) atoms. The van der Waals surface area contributed by atoms with Crippen molar-refractivity contribution in [3.63, 3.8) is 0 Å². The fourth-order valence-corrected chi connectivity index (χ4v) is 4.53. The van der Waals surface area contributed by atoms with Crippen LogP contribution in [0.15, 0.2) is 23.1 Å². The van der Waals surface area contributed by atoms with Gasteiger partial charge in [-0.05, 0) is 37.5 Å². The summed E-state index contributed by atoms with van der Waals surface area (Å²) >= 11 is 0. The number of halogens is 1. The number of hydrogen-bond donors (Lipinski definition) is 0. The molecular weight excluding hydrogens is 365 g/mol. The molecular formula is C17H20FNO6S. The summed E-state index contributed by atoms with van der Waals surface area (Å²) in [7, 11) is -4.09. The van der Waals surface area contributed by atoms with Crippen LogP contribution in [-0.2, 0) is 24.3 Å². The number of sulfonamides is 1. The number of Topliss-reactive ketones (excluding diaryl/α,β-unsaturated/α-hetero) is 1. The number of ketones is 1. The highest BCUT2D eigenvalue weighted by molar-refractivity contribution is 7.89. The number of carbonyl (C=O) groups is 2. The van der Waals surface area contributed by atoms with Gasteiger partial charge < -0.3 is 9.47 Å². The maximum atomic E-state index is 14.2. The van der Waals surface area contributed by atoms with E-state index in [2.05, 4.69) is 0 Å². The lowest BCUT2D eigenvalue weighted by molar-refractivity contribution is -0.129. The Morgan fingerprint density at radius 1 is 1.23 bits per heavy atom. The second-order valence-corrected chi connectivity index (χ2v) is 8.17. The number of hydrogen-bond acceptors (Lipinski definition) is 6. The Hall–Kier alpha value is -1.84. The Balaban J connectivity index is 1.82. The van der Waals surface area contributed by atoms with E-state index in [1.807, 2.05) is 0 Å². The van der Waals surface area contributed by atoms with Crippen LogP contribution < -0.4 is 0 Å². The molecule has 0 spiro atoms. The van der Waals surface area contributed by atoms with Gasteiger partial charge in [0.05, 0.1) is 18.8 Å². The molecule has 1 atom stereocenters. The molecule has 0 amide bonds. The van der Waals surface area contributed by atoms with Gasteiger partial charge >= 0.3 is 5.97 Å². The zero-order valence-electron chi connectivity index (χ0n) is 14.1. The topological polar surface area (TPSA) is 90.0 Å². The lowest BCUT2D eigenvalue weighted by Crippen LogP contribution is -2.41. The van der Waals surface area contributed by atoms with Gasteiger partial charge in [0.1, 0.15) is 10.7 Å². The third kappa shape index (κ3) is 3.94. The fourth-order valence-electron chi connectivity index (χ4n) is 3.03. The monoisotopic (exact) mass is 385 g/mol. The van der Waals surface area contributed by atoms with Gasteiger partial charge in [0.15, 0.2) is 11.9 Å². The van der Waals surface area contributed by atoms with E-state index >= 15 is 0 Å². The van der Waals surface area contributed by atoms with Crippen LogP contribution in [0.5, 0.6) is 0 Å². The van der Waals surface area contributed by atoms with E-state index in [0.29, 0.717) is 12.8 Å². The molecule has 9 heteroatoms. The van der Waals surface area contributed by atoms with E-state index in [4.69, 9.17) is 9.47 Å². The molecule has 0 unspecified atom stereocenters. The Morgan fingerprint density at radius 2 is 1.96 bits per heavy atom. The van der Waals surface area contributed by atoms with Gasteiger partial charge in [0.25, 0.3) is 0 Å². The van der Waals surface area contributed by atoms with Crippen molar-refractivity contribution >= 4 is 21.8 Å². The number of benzene rings is 1. The van der Waals surface area contributed by atoms with E-state index in [9.17, 15) is 22.4 Å². The molecule has 0 N–H and O–H groups in total. The lowest BCUT2D eigenvalue weighted by Gasteiger charge is -2.26. The highest BCUT2D eigenvalue weighted by Gasteiger charge is 2.31. The molecule has 1 aromatic rings. The average Bonchev–Trinajstić information content (AvgIpc) is 2.64. The van der Waals surface area contributed by atoms with E-state index in [-0.39, 0.29) is 37.6 Å². The van der Waals surface area contributed by atoms with Crippen molar-refractivity contribution in [3.05, 3.63) is 29.6 Å². The third-order valence-corrected chi connectivity index (χ3v) is 6.42. The van der Waals surface area contributed by atoms with Gasteiger partial charge in [-0.1, -0.05) is 0 Å².